The number of nitrogens with zero attached hydrogens (tertiary/aromatic N) is 2. The lowest BCUT2D eigenvalue weighted by Crippen LogP contribution is -2.43. The van der Waals surface area contributed by atoms with E-state index in [-0.39, 0.29) is 5.54 Å². The maximum absolute atomic E-state index is 5.14. The Bertz CT molecular complexity index is 832. The molecule has 0 aliphatic carbocycles. The average Bonchev–Trinajstić information content (AvgIpc) is 2.54. The van der Waals surface area contributed by atoms with Gasteiger partial charge >= 0.3 is 0 Å². The number of benzene rings is 1. The van der Waals surface area contributed by atoms with Crippen LogP contribution >= 0.6 is 0 Å². The van der Waals surface area contributed by atoms with Crippen LogP contribution in [0.3, 0.4) is 0 Å². The van der Waals surface area contributed by atoms with Gasteiger partial charge < -0.3 is 4.90 Å². The molecule has 2 aromatic rings. The molecule has 0 N–H and O–H groups in total. The highest BCUT2D eigenvalue weighted by Crippen LogP contribution is 2.41. The molecule has 2 heterocycles. The Kier molecular flexibility index (Phi) is 4.49. The monoisotopic (exact) mass is 334 g/mol. The van der Waals surface area contributed by atoms with Gasteiger partial charge in [0.2, 0.25) is 0 Å². The molecule has 0 fully saturated rings. The Hall–Kier alpha value is -2.09. The van der Waals surface area contributed by atoms with E-state index in [9.17, 15) is 0 Å². The molecule has 0 bridgehead atoms. The van der Waals surface area contributed by atoms with Crippen LogP contribution < -0.4 is 0 Å². The van der Waals surface area contributed by atoms with Gasteiger partial charge in [-0.2, -0.15) is 0 Å². The third kappa shape index (κ3) is 2.99. The largest absolute Gasteiger partial charge is 0.366 e. The van der Waals surface area contributed by atoms with Crippen LogP contribution in [0.25, 0.3) is 6.08 Å². The molecule has 1 aliphatic heterocycles. The van der Waals surface area contributed by atoms with Crippen LogP contribution in [0, 0.1) is 26.7 Å². The molecule has 0 amide bonds. The fourth-order valence-corrected chi connectivity index (χ4v) is 3.94. The maximum atomic E-state index is 5.14. The van der Waals surface area contributed by atoms with Gasteiger partial charge in [-0.3, -0.25) is 4.98 Å². The molecule has 0 spiro atoms. The smallest absolute Gasteiger partial charge is 0.105 e. The highest BCUT2D eigenvalue weighted by Gasteiger charge is 2.39. The van der Waals surface area contributed by atoms with Gasteiger partial charge in [-0.25, -0.2) is 0 Å². The number of hydrogen-bond donors (Lipinski definition) is 0. The van der Waals surface area contributed by atoms with Gasteiger partial charge in [0.15, 0.2) is 0 Å². The lowest BCUT2D eigenvalue weighted by atomic mass is 9.78. The fourth-order valence-electron chi connectivity index (χ4n) is 3.94. The van der Waals surface area contributed by atoms with E-state index in [4.69, 9.17) is 4.98 Å². The molecule has 2 nitrogen and oxygen atoms in total. The second-order valence-corrected chi connectivity index (χ2v) is 8.09. The Morgan fingerprint density at radius 1 is 1.12 bits per heavy atom. The van der Waals surface area contributed by atoms with E-state index in [0.29, 0.717) is 5.92 Å². The second-order valence-electron chi connectivity index (χ2n) is 8.09. The predicted octanol–water partition coefficient (Wildman–Crippen LogP) is 5.38. The van der Waals surface area contributed by atoms with Crippen LogP contribution in [0.4, 0.5) is 0 Å². The van der Waals surface area contributed by atoms with Crippen molar-refractivity contribution in [1.82, 2.24) is 9.88 Å². The topological polar surface area (TPSA) is 16.1 Å². The van der Waals surface area contributed by atoms with Crippen molar-refractivity contribution in [2.24, 2.45) is 5.92 Å². The third-order valence-electron chi connectivity index (χ3n) is 5.58. The summed E-state index contributed by atoms with van der Waals surface area (Å²) < 4.78 is 0. The van der Waals surface area contributed by atoms with Gasteiger partial charge in [0, 0.05) is 24.5 Å². The molecule has 1 aliphatic rings. The lowest BCUT2D eigenvalue weighted by molar-refractivity contribution is 0.243. The van der Waals surface area contributed by atoms with Gasteiger partial charge in [-0.05, 0) is 68.9 Å². The van der Waals surface area contributed by atoms with E-state index in [2.05, 4.69) is 90.0 Å². The highest BCUT2D eigenvalue weighted by atomic mass is 15.2. The number of aromatic nitrogens is 1. The zero-order valence-corrected chi connectivity index (χ0v) is 16.6. The predicted molar refractivity (Wildman–Crippen MR) is 107 cm³/mol. The summed E-state index contributed by atoms with van der Waals surface area (Å²) in [5.74, 6) is 0.608. The summed E-state index contributed by atoms with van der Waals surface area (Å²) in [7, 11) is 2.16. The van der Waals surface area contributed by atoms with Crippen molar-refractivity contribution in [3.63, 3.8) is 0 Å². The maximum Gasteiger partial charge on any atom is 0.105 e. The Balaban J connectivity index is 2.24. The zero-order valence-electron chi connectivity index (χ0n) is 16.6. The molecular weight excluding hydrogens is 304 g/mol. The van der Waals surface area contributed by atoms with E-state index in [1.54, 1.807) is 0 Å². The van der Waals surface area contributed by atoms with Gasteiger partial charge in [-0.15, -0.1) is 0 Å². The first-order valence-electron chi connectivity index (χ1n) is 9.23. The van der Waals surface area contributed by atoms with Crippen LogP contribution in [-0.4, -0.2) is 16.9 Å². The van der Waals surface area contributed by atoms with Crippen LogP contribution in [0.15, 0.2) is 30.5 Å². The summed E-state index contributed by atoms with van der Waals surface area (Å²) in [6.07, 6.45) is 5.38. The minimum absolute atomic E-state index is 0.252. The molecule has 1 aromatic heterocycles. The first-order chi connectivity index (χ1) is 11.7. The first-order valence-corrected chi connectivity index (χ1v) is 9.23. The molecular formula is C23H30N2. The van der Waals surface area contributed by atoms with Crippen LogP contribution in [0.5, 0.6) is 0 Å². The summed E-state index contributed by atoms with van der Waals surface area (Å²) in [6.45, 7) is 13.4. The van der Waals surface area contributed by atoms with Crippen LogP contribution in [0.1, 0.15) is 60.0 Å². The molecule has 2 heteroatoms. The molecule has 0 saturated heterocycles. The van der Waals surface area contributed by atoms with E-state index in [0.717, 1.165) is 6.42 Å². The van der Waals surface area contributed by atoms with Crippen molar-refractivity contribution in [1.29, 1.82) is 0 Å². The van der Waals surface area contributed by atoms with Crippen molar-refractivity contribution in [3.8, 4) is 0 Å². The van der Waals surface area contributed by atoms with E-state index in [1.807, 2.05) is 0 Å². The summed E-state index contributed by atoms with van der Waals surface area (Å²) in [5, 5.41) is 0. The highest BCUT2D eigenvalue weighted by molar-refractivity contribution is 5.60. The molecule has 1 unspecified atom stereocenters. The number of aryl methyl sites for hydroxylation is 2. The molecule has 0 radical (unpaired) electrons. The minimum Gasteiger partial charge on any atom is -0.366 e. The number of hydrogen-bond acceptors (Lipinski definition) is 2. The van der Waals surface area contributed by atoms with Crippen LogP contribution in [0.2, 0.25) is 0 Å². The fraction of sp³-hybridized carbons (Fsp3) is 0.435. The summed E-state index contributed by atoms with van der Waals surface area (Å²) in [6, 6.07) is 9.02. The van der Waals surface area contributed by atoms with Crippen molar-refractivity contribution < 1.29 is 0 Å². The molecule has 1 atom stereocenters. The number of rotatable bonds is 3. The number of fused-ring (bicyclic) bond motifs is 1. The Morgan fingerprint density at radius 3 is 2.52 bits per heavy atom. The van der Waals surface area contributed by atoms with Gasteiger partial charge in [0.25, 0.3) is 0 Å². The summed E-state index contributed by atoms with van der Waals surface area (Å²) in [4.78, 5) is 7.45. The van der Waals surface area contributed by atoms with E-state index < -0.39 is 0 Å². The first kappa shape index (κ1) is 17.7. The van der Waals surface area contributed by atoms with Crippen molar-refractivity contribution >= 4 is 6.08 Å². The molecule has 1 aromatic carbocycles. The Labute approximate surface area is 152 Å². The average molecular weight is 335 g/mol. The third-order valence-corrected chi connectivity index (χ3v) is 5.58. The van der Waals surface area contributed by atoms with Gasteiger partial charge in [0.1, 0.15) is 5.54 Å². The van der Waals surface area contributed by atoms with Gasteiger partial charge in [0.05, 0.1) is 5.69 Å². The normalized spacial score (nSPS) is 19.4. The molecule has 25 heavy (non-hydrogen) atoms. The minimum atomic E-state index is -0.252. The van der Waals surface area contributed by atoms with Crippen molar-refractivity contribution in [3.05, 3.63) is 69.7 Å². The standard InChI is InChI=1S/C23H30N2/c1-15(2)12-20-9-8-19-10-11-25(7)23(6,22(19)24-20)21-14-16(3)13-17(4)18(21)5/h8-11,13-15H,12H2,1-7H3. The van der Waals surface area contributed by atoms with E-state index >= 15 is 0 Å². The molecule has 3 rings (SSSR count). The number of pyridine rings is 1. The second kappa shape index (κ2) is 6.33. The molecule has 0 saturated carbocycles. The summed E-state index contributed by atoms with van der Waals surface area (Å²) >= 11 is 0. The quantitative estimate of drug-likeness (QED) is 0.748. The van der Waals surface area contributed by atoms with Crippen molar-refractivity contribution in [2.75, 3.05) is 7.05 Å². The summed E-state index contributed by atoms with van der Waals surface area (Å²) in [5.41, 5.74) is 8.70. The zero-order chi connectivity index (χ0) is 18.4. The lowest BCUT2D eigenvalue weighted by Gasteiger charge is -2.43. The van der Waals surface area contributed by atoms with Gasteiger partial charge in [-0.1, -0.05) is 37.6 Å². The van der Waals surface area contributed by atoms with E-state index in [1.165, 1.54) is 39.2 Å². The Morgan fingerprint density at radius 2 is 1.84 bits per heavy atom. The van der Waals surface area contributed by atoms with Crippen LogP contribution in [-0.2, 0) is 12.0 Å². The molecule has 132 valence electrons. The van der Waals surface area contributed by atoms with Crippen molar-refractivity contribution in [2.45, 2.75) is 53.5 Å². The SMILES string of the molecule is Cc1cc(C)c(C)c(C2(C)c3nc(CC(C)C)ccc3C=CN2C)c1.